The summed E-state index contributed by atoms with van der Waals surface area (Å²) < 4.78 is 12.3. The Bertz CT molecular complexity index is 1030. The summed E-state index contributed by atoms with van der Waals surface area (Å²) in [7, 11) is 0. The Kier molecular flexibility index (Phi) is 4.75. The van der Waals surface area contributed by atoms with Crippen LogP contribution in [0.4, 0.5) is 0 Å². The molecule has 0 amide bonds. The van der Waals surface area contributed by atoms with Crippen LogP contribution < -0.4 is 9.47 Å². The highest BCUT2D eigenvalue weighted by atomic mass is 16.5. The van der Waals surface area contributed by atoms with Crippen LogP contribution in [0.1, 0.15) is 0 Å². The van der Waals surface area contributed by atoms with Gasteiger partial charge in [-0.2, -0.15) is 0 Å². The van der Waals surface area contributed by atoms with Crippen molar-refractivity contribution in [1.29, 1.82) is 0 Å². The predicted octanol–water partition coefficient (Wildman–Crippen LogP) is 7.08. The van der Waals surface area contributed by atoms with Crippen LogP contribution in [-0.2, 0) is 5.11 Å². The van der Waals surface area contributed by atoms with Gasteiger partial charge >= 0.3 is 0 Å². The van der Waals surface area contributed by atoms with Gasteiger partial charge in [0.2, 0.25) is 0 Å². The van der Waals surface area contributed by atoms with E-state index >= 15 is 0 Å². The molecular formula is C24H17O3. The summed E-state index contributed by atoms with van der Waals surface area (Å²) in [6.45, 7) is 0. The Morgan fingerprint density at radius 2 is 1.19 bits per heavy atom. The molecule has 1 radical (unpaired) electrons. The lowest BCUT2D eigenvalue weighted by Crippen LogP contribution is -1.93. The number of hydrogen-bond donors (Lipinski definition) is 0. The molecule has 0 saturated heterocycles. The number of ether oxygens (including phenoxy) is 2. The second kappa shape index (κ2) is 7.67. The van der Waals surface area contributed by atoms with Crippen molar-refractivity contribution in [2.24, 2.45) is 0 Å². The zero-order valence-electron chi connectivity index (χ0n) is 14.5. The Hall–Kier alpha value is -3.72. The minimum Gasteiger partial charge on any atom is -0.453 e. The smallest absolute Gasteiger partial charge is 0.179 e. The van der Waals surface area contributed by atoms with Crippen molar-refractivity contribution >= 4 is 0 Å². The summed E-state index contributed by atoms with van der Waals surface area (Å²) in [5.41, 5.74) is 1.58. The highest BCUT2D eigenvalue weighted by Crippen LogP contribution is 2.43. The van der Waals surface area contributed by atoms with Crippen molar-refractivity contribution in [2.75, 3.05) is 0 Å². The molecule has 4 aromatic rings. The average molecular weight is 353 g/mol. The van der Waals surface area contributed by atoms with E-state index in [1.54, 1.807) is 12.1 Å². The number of benzene rings is 4. The van der Waals surface area contributed by atoms with Crippen LogP contribution >= 0.6 is 0 Å². The summed E-state index contributed by atoms with van der Waals surface area (Å²) in [6, 6.07) is 31.5. The second-order valence-corrected chi connectivity index (χ2v) is 5.99. The molecule has 0 fully saturated rings. The van der Waals surface area contributed by atoms with Crippen LogP contribution in [0, 0.1) is 0 Å². The molecule has 3 heteroatoms. The van der Waals surface area contributed by atoms with Crippen molar-refractivity contribution in [3.63, 3.8) is 0 Å². The van der Waals surface area contributed by atoms with Crippen LogP contribution in [0.3, 0.4) is 0 Å². The van der Waals surface area contributed by atoms with Gasteiger partial charge in [-0.15, -0.1) is 0 Å². The third-order valence-corrected chi connectivity index (χ3v) is 4.06. The van der Waals surface area contributed by atoms with E-state index < -0.39 is 0 Å². The third kappa shape index (κ3) is 3.93. The Morgan fingerprint density at radius 3 is 1.85 bits per heavy atom. The first-order chi connectivity index (χ1) is 13.3. The Labute approximate surface area is 158 Å². The molecule has 4 rings (SSSR count). The van der Waals surface area contributed by atoms with Gasteiger partial charge in [0.25, 0.3) is 0 Å². The van der Waals surface area contributed by atoms with Crippen molar-refractivity contribution in [3.8, 4) is 39.9 Å². The molecule has 131 valence electrons. The maximum Gasteiger partial charge on any atom is 0.179 e. The molecule has 0 unspecified atom stereocenters. The number of para-hydroxylation sites is 3. The van der Waals surface area contributed by atoms with Crippen LogP contribution in [0.5, 0.6) is 28.7 Å². The number of rotatable bonds is 5. The van der Waals surface area contributed by atoms with E-state index in [0.717, 1.165) is 11.1 Å². The fourth-order valence-corrected chi connectivity index (χ4v) is 2.81. The quantitative estimate of drug-likeness (QED) is 0.384. The molecule has 27 heavy (non-hydrogen) atoms. The molecule has 0 aliphatic carbocycles. The lowest BCUT2D eigenvalue weighted by molar-refractivity contribution is 0.355. The lowest BCUT2D eigenvalue weighted by Gasteiger charge is -2.16. The fraction of sp³-hybridized carbons (Fsp3) is 0. The van der Waals surface area contributed by atoms with E-state index in [1.165, 1.54) is 6.07 Å². The maximum atomic E-state index is 11.8. The average Bonchev–Trinajstić information content (AvgIpc) is 2.71. The summed E-state index contributed by atoms with van der Waals surface area (Å²) in [4.78, 5) is 0. The van der Waals surface area contributed by atoms with Crippen LogP contribution in [-0.4, -0.2) is 0 Å². The second-order valence-electron chi connectivity index (χ2n) is 5.99. The Morgan fingerprint density at radius 1 is 0.556 bits per heavy atom. The van der Waals surface area contributed by atoms with Crippen molar-refractivity contribution in [3.05, 3.63) is 103 Å². The predicted molar refractivity (Wildman–Crippen MR) is 105 cm³/mol. The molecule has 0 spiro atoms. The van der Waals surface area contributed by atoms with E-state index in [4.69, 9.17) is 9.47 Å². The molecule has 3 nitrogen and oxygen atoms in total. The van der Waals surface area contributed by atoms with Gasteiger partial charge in [0.1, 0.15) is 11.5 Å². The molecule has 4 aromatic carbocycles. The third-order valence-electron chi connectivity index (χ3n) is 4.06. The molecule has 0 saturated carbocycles. The van der Waals surface area contributed by atoms with E-state index in [-0.39, 0.29) is 5.75 Å². The Balaban J connectivity index is 1.81. The highest BCUT2D eigenvalue weighted by molar-refractivity contribution is 5.75. The molecule has 0 bridgehead atoms. The van der Waals surface area contributed by atoms with Gasteiger partial charge in [0, 0.05) is 5.56 Å². The summed E-state index contributed by atoms with van der Waals surface area (Å²) in [6.07, 6.45) is 0. The molecule has 0 aliphatic heterocycles. The topological polar surface area (TPSA) is 38.4 Å². The molecule has 0 atom stereocenters. The van der Waals surface area contributed by atoms with E-state index in [9.17, 15) is 5.11 Å². The minimum absolute atomic E-state index is 0.0486. The van der Waals surface area contributed by atoms with Crippen molar-refractivity contribution < 1.29 is 14.6 Å². The van der Waals surface area contributed by atoms with Crippen LogP contribution in [0.2, 0.25) is 0 Å². The molecule has 0 heterocycles. The van der Waals surface area contributed by atoms with Crippen LogP contribution in [0.15, 0.2) is 103 Å². The molecule has 0 aromatic heterocycles. The molecular weight excluding hydrogens is 336 g/mol. The normalized spacial score (nSPS) is 10.4. The summed E-state index contributed by atoms with van der Waals surface area (Å²) in [5, 5.41) is 11.8. The first-order valence-electron chi connectivity index (χ1n) is 8.66. The molecule has 0 N–H and O–H groups in total. The zero-order chi connectivity index (χ0) is 18.5. The first-order valence-corrected chi connectivity index (χ1v) is 8.66. The largest absolute Gasteiger partial charge is 0.453 e. The van der Waals surface area contributed by atoms with Gasteiger partial charge in [0.15, 0.2) is 17.2 Å². The van der Waals surface area contributed by atoms with E-state index in [0.29, 0.717) is 23.0 Å². The van der Waals surface area contributed by atoms with Gasteiger partial charge in [-0.3, -0.25) is 5.11 Å². The van der Waals surface area contributed by atoms with E-state index in [1.807, 2.05) is 84.9 Å². The maximum absolute atomic E-state index is 11.8. The van der Waals surface area contributed by atoms with Crippen molar-refractivity contribution in [1.82, 2.24) is 0 Å². The summed E-state index contributed by atoms with van der Waals surface area (Å²) in [5.74, 6) is 2.51. The minimum atomic E-state index is -0.0486. The first kappa shape index (κ1) is 16.7. The van der Waals surface area contributed by atoms with Gasteiger partial charge in [-0.05, 0) is 48.0 Å². The van der Waals surface area contributed by atoms with Gasteiger partial charge in [-0.25, -0.2) is 0 Å². The fourth-order valence-electron chi connectivity index (χ4n) is 2.81. The SMILES string of the molecule is [O]c1cccc(-c2cccc(Oc3ccccc3)c2Oc2ccccc2)c1. The number of hydrogen-bond acceptors (Lipinski definition) is 2. The van der Waals surface area contributed by atoms with Crippen molar-refractivity contribution in [2.45, 2.75) is 0 Å². The highest BCUT2D eigenvalue weighted by Gasteiger charge is 2.15. The van der Waals surface area contributed by atoms with E-state index in [2.05, 4.69) is 0 Å². The lowest BCUT2D eigenvalue weighted by atomic mass is 10.0. The van der Waals surface area contributed by atoms with Gasteiger partial charge < -0.3 is 9.47 Å². The summed E-state index contributed by atoms with van der Waals surface area (Å²) >= 11 is 0. The monoisotopic (exact) mass is 353 g/mol. The van der Waals surface area contributed by atoms with Gasteiger partial charge in [0.05, 0.1) is 0 Å². The standard InChI is InChI=1S/C24H17O3/c25-19-10-7-9-18(17-19)22-15-8-16-23(26-20-11-3-1-4-12-20)24(22)27-21-13-5-2-6-14-21/h1-17H. The molecule has 0 aliphatic rings. The van der Waals surface area contributed by atoms with Gasteiger partial charge in [-0.1, -0.05) is 60.7 Å². The zero-order valence-corrected chi connectivity index (χ0v) is 14.5. The van der Waals surface area contributed by atoms with Crippen LogP contribution in [0.25, 0.3) is 11.1 Å².